The van der Waals surface area contributed by atoms with Gasteiger partial charge in [-0.1, -0.05) is 64.0 Å². The van der Waals surface area contributed by atoms with E-state index in [1.165, 1.54) is 44.1 Å². The van der Waals surface area contributed by atoms with Gasteiger partial charge in [0, 0.05) is 6.42 Å². The van der Waals surface area contributed by atoms with Gasteiger partial charge in [-0.3, -0.25) is 4.79 Å². The standard InChI is InChI=1S/C20H38O2/c1-5-6-7-8-9-10-11-15-20(21)22-17-16-19(4)14-12-13-18(2)3/h13,19H,5-12,14-17H2,1-4H3. The molecule has 0 radical (unpaired) electrons. The summed E-state index contributed by atoms with van der Waals surface area (Å²) in [6.45, 7) is 9.33. The van der Waals surface area contributed by atoms with Crippen molar-refractivity contribution in [1.82, 2.24) is 0 Å². The van der Waals surface area contributed by atoms with Crippen LogP contribution in [0.5, 0.6) is 0 Å². The molecule has 0 aromatic carbocycles. The average Bonchev–Trinajstić information content (AvgIpc) is 2.46. The third-order valence-corrected chi connectivity index (χ3v) is 4.07. The van der Waals surface area contributed by atoms with Gasteiger partial charge in [0.15, 0.2) is 0 Å². The van der Waals surface area contributed by atoms with Gasteiger partial charge in [-0.2, -0.15) is 0 Å². The zero-order chi connectivity index (χ0) is 16.6. The molecular formula is C20H38O2. The number of hydrogen-bond donors (Lipinski definition) is 0. The van der Waals surface area contributed by atoms with Crippen molar-refractivity contribution < 1.29 is 9.53 Å². The van der Waals surface area contributed by atoms with Crippen molar-refractivity contribution in [3.8, 4) is 0 Å². The van der Waals surface area contributed by atoms with Gasteiger partial charge in [-0.05, 0) is 45.4 Å². The predicted molar refractivity (Wildman–Crippen MR) is 96.0 cm³/mol. The maximum Gasteiger partial charge on any atom is 0.305 e. The summed E-state index contributed by atoms with van der Waals surface area (Å²) in [6.07, 6.45) is 14.9. The van der Waals surface area contributed by atoms with Crippen LogP contribution in [0.3, 0.4) is 0 Å². The molecule has 2 nitrogen and oxygen atoms in total. The molecule has 0 aromatic rings. The first-order chi connectivity index (χ1) is 10.6. The molecule has 0 spiro atoms. The molecule has 0 aromatic heterocycles. The molecule has 0 aliphatic carbocycles. The molecule has 0 saturated carbocycles. The molecule has 22 heavy (non-hydrogen) atoms. The van der Waals surface area contributed by atoms with E-state index in [0.717, 1.165) is 25.7 Å². The van der Waals surface area contributed by atoms with Crippen LogP contribution >= 0.6 is 0 Å². The minimum absolute atomic E-state index is 0.00921. The summed E-state index contributed by atoms with van der Waals surface area (Å²) in [7, 11) is 0. The highest BCUT2D eigenvalue weighted by Gasteiger charge is 2.05. The van der Waals surface area contributed by atoms with Crippen LogP contribution in [0.2, 0.25) is 0 Å². The largest absolute Gasteiger partial charge is 0.466 e. The molecule has 0 fully saturated rings. The summed E-state index contributed by atoms with van der Waals surface area (Å²) in [5.41, 5.74) is 1.38. The van der Waals surface area contributed by atoms with E-state index in [-0.39, 0.29) is 5.97 Å². The van der Waals surface area contributed by atoms with Crippen LogP contribution in [0.25, 0.3) is 0 Å². The zero-order valence-corrected chi connectivity index (χ0v) is 15.5. The first kappa shape index (κ1) is 21.2. The van der Waals surface area contributed by atoms with Crippen LogP contribution in [0.4, 0.5) is 0 Å². The van der Waals surface area contributed by atoms with Crippen LogP contribution < -0.4 is 0 Å². The number of esters is 1. The smallest absolute Gasteiger partial charge is 0.305 e. The monoisotopic (exact) mass is 310 g/mol. The van der Waals surface area contributed by atoms with Crippen molar-refractivity contribution in [1.29, 1.82) is 0 Å². The van der Waals surface area contributed by atoms with Crippen molar-refractivity contribution in [2.45, 2.75) is 98.3 Å². The molecule has 0 aliphatic rings. The summed E-state index contributed by atoms with van der Waals surface area (Å²) >= 11 is 0. The maximum absolute atomic E-state index is 11.6. The van der Waals surface area contributed by atoms with E-state index in [0.29, 0.717) is 18.9 Å². The van der Waals surface area contributed by atoms with E-state index in [1.54, 1.807) is 0 Å². The number of unbranched alkanes of at least 4 members (excludes halogenated alkanes) is 6. The second-order valence-electron chi connectivity index (χ2n) is 6.84. The Bertz CT molecular complexity index is 290. The van der Waals surface area contributed by atoms with Gasteiger partial charge in [0.2, 0.25) is 0 Å². The Morgan fingerprint density at radius 3 is 2.27 bits per heavy atom. The fraction of sp³-hybridized carbons (Fsp3) is 0.850. The molecule has 0 bridgehead atoms. The normalized spacial score (nSPS) is 12.0. The molecule has 2 heteroatoms. The van der Waals surface area contributed by atoms with E-state index < -0.39 is 0 Å². The van der Waals surface area contributed by atoms with Gasteiger partial charge in [0.25, 0.3) is 0 Å². The summed E-state index contributed by atoms with van der Waals surface area (Å²) in [5, 5.41) is 0. The molecule has 1 atom stereocenters. The number of carbonyl (C=O) groups is 1. The van der Waals surface area contributed by atoms with E-state index >= 15 is 0 Å². The Morgan fingerprint density at radius 1 is 1.00 bits per heavy atom. The summed E-state index contributed by atoms with van der Waals surface area (Å²) < 4.78 is 5.33. The maximum atomic E-state index is 11.6. The molecule has 0 amide bonds. The predicted octanol–water partition coefficient (Wildman–Crippen LogP) is 6.44. The number of hydrogen-bond acceptors (Lipinski definition) is 2. The number of allylic oxidation sites excluding steroid dienone is 2. The van der Waals surface area contributed by atoms with Crippen LogP contribution in [-0.4, -0.2) is 12.6 Å². The van der Waals surface area contributed by atoms with Gasteiger partial charge in [0.05, 0.1) is 6.61 Å². The lowest BCUT2D eigenvalue weighted by molar-refractivity contribution is -0.144. The summed E-state index contributed by atoms with van der Waals surface area (Å²) in [5.74, 6) is 0.618. The van der Waals surface area contributed by atoms with E-state index in [1.807, 2.05) is 0 Å². The Labute approximate surface area is 138 Å². The Kier molecular flexibility index (Phi) is 14.6. The first-order valence-electron chi connectivity index (χ1n) is 9.35. The second-order valence-corrected chi connectivity index (χ2v) is 6.84. The number of rotatable bonds is 14. The van der Waals surface area contributed by atoms with E-state index in [4.69, 9.17) is 4.74 Å². The molecule has 1 unspecified atom stereocenters. The number of carbonyl (C=O) groups excluding carboxylic acids is 1. The fourth-order valence-corrected chi connectivity index (χ4v) is 2.47. The van der Waals surface area contributed by atoms with Crippen molar-refractivity contribution in [3.63, 3.8) is 0 Å². The lowest BCUT2D eigenvalue weighted by Crippen LogP contribution is -2.08. The topological polar surface area (TPSA) is 26.3 Å². The highest BCUT2D eigenvalue weighted by atomic mass is 16.5. The molecular weight excluding hydrogens is 272 g/mol. The molecule has 0 heterocycles. The highest BCUT2D eigenvalue weighted by Crippen LogP contribution is 2.13. The van der Waals surface area contributed by atoms with Crippen LogP contribution in [-0.2, 0) is 9.53 Å². The Balaban J connectivity index is 3.40. The minimum Gasteiger partial charge on any atom is -0.466 e. The highest BCUT2D eigenvalue weighted by molar-refractivity contribution is 5.69. The third kappa shape index (κ3) is 15.6. The van der Waals surface area contributed by atoms with Crippen LogP contribution in [0.15, 0.2) is 11.6 Å². The van der Waals surface area contributed by atoms with Crippen molar-refractivity contribution in [2.75, 3.05) is 6.61 Å². The van der Waals surface area contributed by atoms with Gasteiger partial charge >= 0.3 is 5.97 Å². The quantitative estimate of drug-likeness (QED) is 0.209. The zero-order valence-electron chi connectivity index (χ0n) is 15.5. The van der Waals surface area contributed by atoms with Crippen LogP contribution in [0, 0.1) is 5.92 Å². The second kappa shape index (κ2) is 15.1. The summed E-state index contributed by atoms with van der Waals surface area (Å²) in [6, 6.07) is 0. The number of ether oxygens (including phenoxy) is 1. The Morgan fingerprint density at radius 2 is 1.64 bits per heavy atom. The minimum atomic E-state index is -0.00921. The van der Waals surface area contributed by atoms with Crippen LogP contribution in [0.1, 0.15) is 98.3 Å². The van der Waals surface area contributed by atoms with E-state index in [9.17, 15) is 4.79 Å². The van der Waals surface area contributed by atoms with E-state index in [2.05, 4.69) is 33.8 Å². The average molecular weight is 311 g/mol. The molecule has 130 valence electrons. The van der Waals surface area contributed by atoms with Gasteiger partial charge < -0.3 is 4.74 Å². The van der Waals surface area contributed by atoms with Crippen molar-refractivity contribution in [3.05, 3.63) is 11.6 Å². The van der Waals surface area contributed by atoms with Crippen molar-refractivity contribution in [2.24, 2.45) is 5.92 Å². The summed E-state index contributed by atoms with van der Waals surface area (Å²) in [4.78, 5) is 11.6. The van der Waals surface area contributed by atoms with Crippen molar-refractivity contribution >= 4 is 5.97 Å². The third-order valence-electron chi connectivity index (χ3n) is 4.07. The first-order valence-corrected chi connectivity index (χ1v) is 9.35. The molecule has 0 saturated heterocycles. The Hall–Kier alpha value is -0.790. The molecule has 0 N–H and O–H groups in total. The SMILES string of the molecule is CCCCCCCCCC(=O)OCCC(C)CCC=C(C)C. The van der Waals surface area contributed by atoms with Gasteiger partial charge in [-0.25, -0.2) is 0 Å². The molecule has 0 aliphatic heterocycles. The fourth-order valence-electron chi connectivity index (χ4n) is 2.47. The molecule has 0 rings (SSSR count). The lowest BCUT2D eigenvalue weighted by Gasteiger charge is -2.10. The van der Waals surface area contributed by atoms with Gasteiger partial charge in [-0.15, -0.1) is 0 Å². The van der Waals surface area contributed by atoms with Gasteiger partial charge in [0.1, 0.15) is 0 Å². The lowest BCUT2D eigenvalue weighted by atomic mass is 10.0.